The van der Waals surface area contributed by atoms with Crippen LogP contribution in [0.2, 0.25) is 5.02 Å². The highest BCUT2D eigenvalue weighted by Crippen LogP contribution is 2.48. The van der Waals surface area contributed by atoms with Crippen molar-refractivity contribution in [2.24, 2.45) is 10.7 Å². The lowest BCUT2D eigenvalue weighted by Crippen LogP contribution is -2.25. The Bertz CT molecular complexity index is 1360. The van der Waals surface area contributed by atoms with Gasteiger partial charge in [-0.15, -0.1) is 0 Å². The summed E-state index contributed by atoms with van der Waals surface area (Å²) >= 11 is 6.48. The number of aliphatic imine (C=N–C) groups is 1. The molecular weight excluding hydrogens is 427 g/mol. The van der Waals surface area contributed by atoms with Crippen LogP contribution in [0.3, 0.4) is 0 Å². The molecule has 0 saturated carbocycles. The maximum Gasteiger partial charge on any atom is 0.139 e. The molecule has 4 aromatic rings. The fraction of sp³-hybridized carbons (Fsp3) is 0.0800. The van der Waals surface area contributed by atoms with Crippen LogP contribution in [-0.2, 0) is 5.54 Å². The fourth-order valence-electron chi connectivity index (χ4n) is 4.25. The highest BCUT2D eigenvalue weighted by Gasteiger charge is 2.44. The molecule has 2 N–H and O–H groups in total. The minimum atomic E-state index is -1.08. The quantitative estimate of drug-likeness (QED) is 0.483. The van der Waals surface area contributed by atoms with Crippen molar-refractivity contribution in [2.75, 3.05) is 7.11 Å². The average molecular weight is 445 g/mol. The van der Waals surface area contributed by atoms with E-state index in [0.717, 1.165) is 22.3 Å². The molecule has 1 aliphatic rings. The molecule has 0 radical (unpaired) electrons. The molecule has 3 aromatic carbocycles. The molecule has 1 atom stereocenters. The fourth-order valence-corrected chi connectivity index (χ4v) is 4.51. The molecule has 0 saturated heterocycles. The van der Waals surface area contributed by atoms with Crippen LogP contribution in [-0.4, -0.2) is 22.9 Å². The Hall–Kier alpha value is -3.77. The Labute approximate surface area is 189 Å². The van der Waals surface area contributed by atoms with Crippen molar-refractivity contribution in [2.45, 2.75) is 5.54 Å². The molecule has 32 heavy (non-hydrogen) atoms. The summed E-state index contributed by atoms with van der Waals surface area (Å²) in [7, 11) is 1.55. The lowest BCUT2D eigenvalue weighted by molar-refractivity contribution is 0.414. The normalized spacial score (nSPS) is 17.0. The van der Waals surface area contributed by atoms with Gasteiger partial charge in [-0.2, -0.15) is 0 Å². The molecule has 158 valence electrons. The van der Waals surface area contributed by atoms with Gasteiger partial charge in [0.15, 0.2) is 0 Å². The van der Waals surface area contributed by atoms with Crippen molar-refractivity contribution in [3.05, 3.63) is 112 Å². The van der Waals surface area contributed by atoms with E-state index in [1.807, 2.05) is 36.4 Å². The van der Waals surface area contributed by atoms with Crippen molar-refractivity contribution < 1.29 is 9.13 Å². The second kappa shape index (κ2) is 7.73. The van der Waals surface area contributed by atoms with Crippen LogP contribution in [0, 0.1) is 5.82 Å². The Balaban J connectivity index is 1.81. The number of benzene rings is 3. The SMILES string of the molecule is COc1ccc(C2(c3cccc(-c4cncnc4)c3)N=C(N)c3c(F)cccc32)cc1Cl. The van der Waals surface area contributed by atoms with Gasteiger partial charge in [0.1, 0.15) is 29.3 Å². The first kappa shape index (κ1) is 20.2. The van der Waals surface area contributed by atoms with E-state index >= 15 is 0 Å². The summed E-state index contributed by atoms with van der Waals surface area (Å²) in [5.74, 6) is 0.256. The molecular formula is C25H18ClFN4O. The summed E-state index contributed by atoms with van der Waals surface area (Å²) in [6.45, 7) is 0. The Kier molecular flexibility index (Phi) is 4.87. The lowest BCUT2D eigenvalue weighted by atomic mass is 9.77. The van der Waals surface area contributed by atoms with Crippen molar-refractivity contribution >= 4 is 17.4 Å². The Morgan fingerprint density at radius 2 is 1.69 bits per heavy atom. The summed E-state index contributed by atoms with van der Waals surface area (Å²) in [6.07, 6.45) is 4.96. The van der Waals surface area contributed by atoms with Crippen LogP contribution in [0.15, 0.2) is 84.4 Å². The second-order valence-corrected chi connectivity index (χ2v) is 7.83. The molecule has 0 spiro atoms. The van der Waals surface area contributed by atoms with E-state index in [-0.39, 0.29) is 5.84 Å². The van der Waals surface area contributed by atoms with Gasteiger partial charge in [0.25, 0.3) is 0 Å². The van der Waals surface area contributed by atoms with Crippen LogP contribution >= 0.6 is 11.6 Å². The van der Waals surface area contributed by atoms with Crippen molar-refractivity contribution in [1.29, 1.82) is 0 Å². The molecule has 0 amide bonds. The molecule has 5 nitrogen and oxygen atoms in total. The molecule has 2 heterocycles. The van der Waals surface area contributed by atoms with Gasteiger partial charge in [-0.05, 0) is 41.0 Å². The molecule has 1 aromatic heterocycles. The van der Waals surface area contributed by atoms with E-state index in [1.165, 1.54) is 12.4 Å². The summed E-state index contributed by atoms with van der Waals surface area (Å²) in [6, 6.07) is 18.2. The minimum absolute atomic E-state index is 0.137. The van der Waals surface area contributed by atoms with Gasteiger partial charge in [0, 0.05) is 23.5 Å². The van der Waals surface area contributed by atoms with Gasteiger partial charge in [-0.3, -0.25) is 0 Å². The molecule has 7 heteroatoms. The second-order valence-electron chi connectivity index (χ2n) is 7.43. The third-order valence-corrected chi connectivity index (χ3v) is 5.99. The smallest absolute Gasteiger partial charge is 0.139 e. The zero-order valence-electron chi connectivity index (χ0n) is 17.1. The summed E-state index contributed by atoms with van der Waals surface area (Å²) in [4.78, 5) is 13.1. The topological polar surface area (TPSA) is 73.4 Å². The van der Waals surface area contributed by atoms with Crippen molar-refractivity contribution in [3.8, 4) is 16.9 Å². The van der Waals surface area contributed by atoms with Gasteiger partial charge in [0.05, 0.1) is 17.7 Å². The number of nitrogens with zero attached hydrogens (tertiary/aromatic N) is 3. The molecule has 0 bridgehead atoms. The number of amidine groups is 1. The summed E-state index contributed by atoms with van der Waals surface area (Å²) in [5.41, 5.74) is 9.46. The molecule has 0 fully saturated rings. The summed E-state index contributed by atoms with van der Waals surface area (Å²) in [5, 5.41) is 0.426. The third kappa shape index (κ3) is 3.03. The van der Waals surface area contributed by atoms with Gasteiger partial charge >= 0.3 is 0 Å². The number of ether oxygens (including phenoxy) is 1. The number of hydrogen-bond acceptors (Lipinski definition) is 5. The average Bonchev–Trinajstić information content (AvgIpc) is 3.14. The van der Waals surface area contributed by atoms with Crippen LogP contribution in [0.25, 0.3) is 11.1 Å². The Morgan fingerprint density at radius 3 is 2.44 bits per heavy atom. The van der Waals surface area contributed by atoms with Gasteiger partial charge in [0.2, 0.25) is 0 Å². The highest BCUT2D eigenvalue weighted by molar-refractivity contribution is 6.32. The van der Waals surface area contributed by atoms with Gasteiger partial charge < -0.3 is 10.5 Å². The zero-order valence-corrected chi connectivity index (χ0v) is 17.8. The lowest BCUT2D eigenvalue weighted by Gasteiger charge is -2.30. The maximum atomic E-state index is 14.8. The van der Waals surface area contributed by atoms with Crippen LogP contribution < -0.4 is 10.5 Å². The number of fused-ring (bicyclic) bond motifs is 1. The first-order chi connectivity index (χ1) is 15.5. The van der Waals surface area contributed by atoms with Gasteiger partial charge in [-0.25, -0.2) is 19.4 Å². The maximum absolute atomic E-state index is 14.8. The van der Waals surface area contributed by atoms with E-state index in [1.54, 1.807) is 37.7 Å². The predicted molar refractivity (Wildman–Crippen MR) is 122 cm³/mol. The largest absolute Gasteiger partial charge is 0.495 e. The van der Waals surface area contributed by atoms with E-state index < -0.39 is 11.4 Å². The van der Waals surface area contributed by atoms with Crippen LogP contribution in [0.1, 0.15) is 22.3 Å². The van der Waals surface area contributed by atoms with Crippen molar-refractivity contribution in [1.82, 2.24) is 9.97 Å². The number of halogens is 2. The standard InChI is InChI=1S/C25H18ClFN4O/c1-32-22-9-8-18(11-20(22)26)25(19-6-3-7-21(27)23(19)24(28)31-25)17-5-2-4-15(10-17)16-12-29-14-30-13-16/h2-14H,1H3,(H2,28,31). The molecule has 0 aliphatic carbocycles. The van der Waals surface area contributed by atoms with Crippen LogP contribution in [0.5, 0.6) is 5.75 Å². The van der Waals surface area contributed by atoms with E-state index in [2.05, 4.69) is 9.97 Å². The highest BCUT2D eigenvalue weighted by atomic mass is 35.5. The Morgan fingerprint density at radius 1 is 0.938 bits per heavy atom. The molecule has 1 aliphatic heterocycles. The van der Waals surface area contributed by atoms with E-state index in [4.69, 9.17) is 27.1 Å². The summed E-state index contributed by atoms with van der Waals surface area (Å²) < 4.78 is 20.2. The third-order valence-electron chi connectivity index (χ3n) is 5.69. The van der Waals surface area contributed by atoms with Crippen molar-refractivity contribution in [3.63, 3.8) is 0 Å². The van der Waals surface area contributed by atoms with Crippen LogP contribution in [0.4, 0.5) is 4.39 Å². The van der Waals surface area contributed by atoms with E-state index in [0.29, 0.717) is 21.9 Å². The molecule has 5 rings (SSSR count). The van der Waals surface area contributed by atoms with Gasteiger partial charge in [-0.1, -0.05) is 48.0 Å². The predicted octanol–water partition coefficient (Wildman–Crippen LogP) is 4.96. The molecule has 1 unspecified atom stereocenters. The number of nitrogens with two attached hydrogens (primary N) is 1. The monoisotopic (exact) mass is 444 g/mol. The van der Waals surface area contributed by atoms with E-state index in [9.17, 15) is 4.39 Å². The first-order valence-corrected chi connectivity index (χ1v) is 10.3. The number of methoxy groups -OCH3 is 1. The number of hydrogen-bond donors (Lipinski definition) is 1. The number of rotatable bonds is 4. The number of aromatic nitrogens is 2. The zero-order chi connectivity index (χ0) is 22.3. The minimum Gasteiger partial charge on any atom is -0.495 e. The first-order valence-electron chi connectivity index (χ1n) is 9.89.